The van der Waals surface area contributed by atoms with Crippen LogP contribution in [0.5, 0.6) is 0 Å². The average molecular weight is 254 g/mol. The Morgan fingerprint density at radius 2 is 1.72 bits per heavy atom. The largest absolute Gasteiger partial charge is 0.309 e. The van der Waals surface area contributed by atoms with Gasteiger partial charge in [-0.15, -0.1) is 0 Å². The lowest BCUT2D eigenvalue weighted by Gasteiger charge is -2.41. The predicted octanol–water partition coefficient (Wildman–Crippen LogP) is 0.305. The van der Waals surface area contributed by atoms with Crippen molar-refractivity contribution in [1.29, 1.82) is 0 Å². The fraction of sp³-hybridized carbons (Fsp3) is 1.00. The number of nitrogens with zero attached hydrogens (tertiary/aromatic N) is 3. The van der Waals surface area contributed by atoms with Crippen molar-refractivity contribution in [2.75, 3.05) is 53.4 Å². The molecule has 0 spiro atoms. The third kappa shape index (κ3) is 3.92. The van der Waals surface area contributed by atoms with E-state index in [9.17, 15) is 0 Å². The summed E-state index contributed by atoms with van der Waals surface area (Å²) in [5.74, 6) is 0. The molecule has 0 aliphatic carbocycles. The Labute approximate surface area is 112 Å². The fourth-order valence-electron chi connectivity index (χ4n) is 3.39. The first-order valence-electron chi connectivity index (χ1n) is 7.42. The molecule has 1 N–H and O–H groups in total. The minimum absolute atomic E-state index is 0.633. The van der Waals surface area contributed by atoms with E-state index >= 15 is 0 Å². The quantitative estimate of drug-likeness (QED) is 0.782. The standard InChI is InChI=1S/C14H30N4/c1-12-10-17(4)11-14(15-12)9-13(2)18-7-5-16(3)6-8-18/h12-15H,5-11H2,1-4H3. The Kier molecular flexibility index (Phi) is 5.01. The zero-order chi connectivity index (χ0) is 13.1. The van der Waals surface area contributed by atoms with Crippen LogP contribution in [0.1, 0.15) is 20.3 Å². The van der Waals surface area contributed by atoms with Crippen LogP contribution < -0.4 is 5.32 Å². The number of piperazine rings is 2. The van der Waals surface area contributed by atoms with Crippen molar-refractivity contribution in [3.63, 3.8) is 0 Å². The number of hydrogen-bond acceptors (Lipinski definition) is 4. The zero-order valence-electron chi connectivity index (χ0n) is 12.5. The zero-order valence-corrected chi connectivity index (χ0v) is 12.5. The molecule has 4 heteroatoms. The van der Waals surface area contributed by atoms with Gasteiger partial charge in [-0.2, -0.15) is 0 Å². The Morgan fingerprint density at radius 3 is 2.33 bits per heavy atom. The first kappa shape index (κ1) is 14.3. The van der Waals surface area contributed by atoms with Crippen LogP contribution in [0.3, 0.4) is 0 Å². The van der Waals surface area contributed by atoms with Gasteiger partial charge in [-0.1, -0.05) is 0 Å². The summed E-state index contributed by atoms with van der Waals surface area (Å²) < 4.78 is 0. The normalized spacial score (nSPS) is 34.7. The second kappa shape index (κ2) is 6.33. The van der Waals surface area contributed by atoms with E-state index in [0.717, 1.165) is 0 Å². The molecule has 0 aromatic rings. The van der Waals surface area contributed by atoms with Gasteiger partial charge in [-0.3, -0.25) is 4.90 Å². The third-order valence-electron chi connectivity index (χ3n) is 4.42. The van der Waals surface area contributed by atoms with Crippen LogP contribution in [-0.2, 0) is 0 Å². The number of rotatable bonds is 3. The Morgan fingerprint density at radius 1 is 1.06 bits per heavy atom. The summed E-state index contributed by atoms with van der Waals surface area (Å²) in [4.78, 5) is 7.54. The van der Waals surface area contributed by atoms with Gasteiger partial charge >= 0.3 is 0 Å². The molecule has 0 aromatic heterocycles. The van der Waals surface area contributed by atoms with Crippen LogP contribution in [-0.4, -0.2) is 86.2 Å². The molecule has 0 amide bonds. The lowest BCUT2D eigenvalue weighted by Crippen LogP contribution is -2.56. The third-order valence-corrected chi connectivity index (χ3v) is 4.42. The van der Waals surface area contributed by atoms with Gasteiger partial charge in [0, 0.05) is 57.4 Å². The van der Waals surface area contributed by atoms with E-state index < -0.39 is 0 Å². The van der Waals surface area contributed by atoms with Crippen LogP contribution in [0.2, 0.25) is 0 Å². The summed E-state index contributed by atoms with van der Waals surface area (Å²) in [7, 11) is 4.46. The molecule has 3 unspecified atom stereocenters. The van der Waals surface area contributed by atoms with Gasteiger partial charge in [0.1, 0.15) is 0 Å². The predicted molar refractivity (Wildman–Crippen MR) is 77.0 cm³/mol. The first-order valence-corrected chi connectivity index (χ1v) is 7.42. The van der Waals surface area contributed by atoms with Crippen LogP contribution in [0.15, 0.2) is 0 Å². The van der Waals surface area contributed by atoms with Gasteiger partial charge in [-0.05, 0) is 34.4 Å². The summed E-state index contributed by atoms with van der Waals surface area (Å²) in [5, 5.41) is 3.75. The molecule has 2 fully saturated rings. The molecule has 2 saturated heterocycles. The summed E-state index contributed by atoms with van der Waals surface area (Å²) in [5.41, 5.74) is 0. The highest BCUT2D eigenvalue weighted by molar-refractivity contribution is 4.86. The molecule has 2 aliphatic heterocycles. The van der Waals surface area contributed by atoms with E-state index in [2.05, 4.69) is 48.0 Å². The van der Waals surface area contributed by atoms with Crippen molar-refractivity contribution in [2.24, 2.45) is 0 Å². The van der Waals surface area contributed by atoms with E-state index in [1.54, 1.807) is 0 Å². The smallest absolute Gasteiger partial charge is 0.0212 e. The van der Waals surface area contributed by atoms with Crippen molar-refractivity contribution in [1.82, 2.24) is 20.0 Å². The van der Waals surface area contributed by atoms with Crippen LogP contribution in [0.25, 0.3) is 0 Å². The van der Waals surface area contributed by atoms with Crippen molar-refractivity contribution in [3.05, 3.63) is 0 Å². The fourth-order valence-corrected chi connectivity index (χ4v) is 3.39. The van der Waals surface area contributed by atoms with Gasteiger partial charge in [0.2, 0.25) is 0 Å². The Balaban J connectivity index is 1.78. The van der Waals surface area contributed by atoms with E-state index in [4.69, 9.17) is 0 Å². The molecule has 4 nitrogen and oxygen atoms in total. The van der Waals surface area contributed by atoms with Gasteiger partial charge in [-0.25, -0.2) is 0 Å². The summed E-state index contributed by atoms with van der Waals surface area (Å²) in [6.45, 7) is 12.0. The highest BCUT2D eigenvalue weighted by Gasteiger charge is 2.26. The summed E-state index contributed by atoms with van der Waals surface area (Å²) >= 11 is 0. The highest BCUT2D eigenvalue weighted by atomic mass is 15.3. The molecule has 2 heterocycles. The van der Waals surface area contributed by atoms with Gasteiger partial charge < -0.3 is 15.1 Å². The van der Waals surface area contributed by atoms with Crippen LogP contribution >= 0.6 is 0 Å². The van der Waals surface area contributed by atoms with Gasteiger partial charge in [0.05, 0.1) is 0 Å². The molecular formula is C14H30N4. The maximum Gasteiger partial charge on any atom is 0.0212 e. The van der Waals surface area contributed by atoms with Crippen molar-refractivity contribution in [3.8, 4) is 0 Å². The molecule has 0 aromatic carbocycles. The summed E-state index contributed by atoms with van der Waals surface area (Å²) in [6, 6.07) is 2.00. The van der Waals surface area contributed by atoms with E-state index in [-0.39, 0.29) is 0 Å². The molecule has 18 heavy (non-hydrogen) atoms. The maximum absolute atomic E-state index is 3.75. The van der Waals surface area contributed by atoms with E-state index in [1.807, 2.05) is 0 Å². The highest BCUT2D eigenvalue weighted by Crippen LogP contribution is 2.13. The molecular weight excluding hydrogens is 224 g/mol. The molecule has 0 saturated carbocycles. The SMILES string of the molecule is CC1CN(C)CC(CC(C)N2CCN(C)CC2)N1. The monoisotopic (exact) mass is 254 g/mol. The molecule has 106 valence electrons. The van der Waals surface area contributed by atoms with Gasteiger partial charge in [0.15, 0.2) is 0 Å². The lowest BCUT2D eigenvalue weighted by atomic mass is 10.0. The summed E-state index contributed by atoms with van der Waals surface area (Å²) in [6.07, 6.45) is 1.28. The number of hydrogen-bond donors (Lipinski definition) is 1. The topological polar surface area (TPSA) is 21.8 Å². The maximum atomic E-state index is 3.75. The second-order valence-electron chi connectivity index (χ2n) is 6.41. The molecule has 0 bridgehead atoms. The van der Waals surface area contributed by atoms with E-state index in [1.165, 1.54) is 45.7 Å². The van der Waals surface area contributed by atoms with Gasteiger partial charge in [0.25, 0.3) is 0 Å². The van der Waals surface area contributed by atoms with Crippen molar-refractivity contribution in [2.45, 2.75) is 38.4 Å². The molecule has 2 rings (SSSR count). The molecule has 0 radical (unpaired) electrons. The molecule has 2 aliphatic rings. The van der Waals surface area contributed by atoms with Crippen LogP contribution in [0, 0.1) is 0 Å². The molecule has 3 atom stereocenters. The first-order chi connectivity index (χ1) is 8.54. The second-order valence-corrected chi connectivity index (χ2v) is 6.41. The van der Waals surface area contributed by atoms with Crippen LogP contribution in [0.4, 0.5) is 0 Å². The van der Waals surface area contributed by atoms with Crippen molar-refractivity contribution >= 4 is 0 Å². The van der Waals surface area contributed by atoms with E-state index in [0.29, 0.717) is 18.1 Å². The minimum Gasteiger partial charge on any atom is -0.309 e. The Bertz CT molecular complexity index is 240. The van der Waals surface area contributed by atoms with Crippen molar-refractivity contribution < 1.29 is 0 Å². The number of likely N-dealkylation sites (N-methyl/N-ethyl adjacent to an activating group) is 2. The lowest BCUT2D eigenvalue weighted by molar-refractivity contribution is 0.0970. The number of nitrogens with one attached hydrogen (secondary N) is 1. The minimum atomic E-state index is 0.633. The average Bonchev–Trinajstić information content (AvgIpc) is 2.28. The Hall–Kier alpha value is -0.160.